The van der Waals surface area contributed by atoms with Crippen LogP contribution in [0.15, 0.2) is 0 Å². The summed E-state index contributed by atoms with van der Waals surface area (Å²) in [5.74, 6) is 0. The highest BCUT2D eigenvalue weighted by Crippen LogP contribution is 1.76. The van der Waals surface area contributed by atoms with Crippen molar-refractivity contribution in [2.24, 2.45) is 0 Å². The molecule has 4 nitrogen and oxygen atoms in total. The van der Waals surface area contributed by atoms with E-state index in [-0.39, 0.29) is 65.2 Å². The summed E-state index contributed by atoms with van der Waals surface area (Å²) in [6, 6.07) is 0. The summed E-state index contributed by atoms with van der Waals surface area (Å²) >= 11 is 0. The van der Waals surface area contributed by atoms with Gasteiger partial charge in [-0.2, -0.15) is 0 Å². The van der Waals surface area contributed by atoms with Crippen molar-refractivity contribution in [3.05, 3.63) is 0 Å². The van der Waals surface area contributed by atoms with E-state index in [0.29, 0.717) is 26.4 Å². The van der Waals surface area contributed by atoms with Gasteiger partial charge in [-0.3, -0.25) is 0 Å². The molecule has 0 unspecified atom stereocenters. The van der Waals surface area contributed by atoms with Crippen LogP contribution in [0.3, 0.4) is 0 Å². The Morgan fingerprint density at radius 2 is 0.706 bits per heavy atom. The van der Waals surface area contributed by atoms with Crippen LogP contribution < -0.4 is 0 Å². The molecule has 0 radical (unpaired) electrons. The summed E-state index contributed by atoms with van der Waals surface area (Å²) in [5.41, 5.74) is 0. The zero-order valence-electron chi connectivity index (χ0n) is 5.95. The summed E-state index contributed by atoms with van der Waals surface area (Å²) in [7, 11) is 0. The van der Waals surface area contributed by atoms with Crippen LogP contribution in [-0.4, -0.2) is 49.9 Å². The molecule has 0 fully saturated rings. The molecule has 118 valence electrons. The third-order valence-electron chi connectivity index (χ3n) is 0.843. The van der Waals surface area contributed by atoms with E-state index in [2.05, 4.69) is 0 Å². The quantitative estimate of drug-likeness (QED) is 0.690. The van der Waals surface area contributed by atoms with Gasteiger partial charge in [0, 0.05) is 0 Å². The van der Waals surface area contributed by atoms with E-state index in [1.807, 2.05) is 0 Å². The fourth-order valence-electron chi connectivity index (χ4n) is 0.451. The minimum absolute atomic E-state index is 0. The Kier molecular flexibility index (Phi) is 181. The van der Waals surface area contributed by atoms with Crippen molar-refractivity contribution in [2.45, 2.75) is 52.0 Å². The highest BCUT2D eigenvalue weighted by Gasteiger charge is 1.86. The van der Waals surface area contributed by atoms with Crippen LogP contribution in [0.2, 0.25) is 0 Å². The van der Waals surface area contributed by atoms with Crippen molar-refractivity contribution in [1.82, 2.24) is 0 Å². The molecule has 0 aromatic rings. The fraction of sp³-hybridized carbons (Fsp3) is 1.00. The Hall–Kier alpha value is -0.160. The molecule has 0 amide bonds. The standard InChI is InChI=1S/C6H14O4.7CH4/c7-1-3-9-5-6-10-4-2-8;;;;;;;/h7-8H,1-6H2;7*1H4. The summed E-state index contributed by atoms with van der Waals surface area (Å²) in [5, 5.41) is 16.5. The van der Waals surface area contributed by atoms with Crippen LogP contribution >= 0.6 is 0 Å². The first-order chi connectivity index (χ1) is 4.91. The van der Waals surface area contributed by atoms with Crippen LogP contribution in [-0.2, 0) is 9.47 Å². The second-order valence-corrected chi connectivity index (χ2v) is 1.67. The number of hydrogen-bond donors (Lipinski definition) is 2. The highest BCUT2D eigenvalue weighted by molar-refractivity contribution is 4.30. The van der Waals surface area contributed by atoms with Gasteiger partial charge in [-0.25, -0.2) is 0 Å². The third kappa shape index (κ3) is 64.9. The third-order valence-corrected chi connectivity index (χ3v) is 0.843. The smallest absolute Gasteiger partial charge is 0.0701 e. The zero-order chi connectivity index (χ0) is 7.66. The van der Waals surface area contributed by atoms with Crippen molar-refractivity contribution in [3.8, 4) is 0 Å². The molecule has 0 saturated carbocycles. The Morgan fingerprint density at radius 3 is 0.882 bits per heavy atom. The Balaban J connectivity index is -0.0000000193. The lowest BCUT2D eigenvalue weighted by Gasteiger charge is -2.01. The first kappa shape index (κ1) is 54.1. The van der Waals surface area contributed by atoms with E-state index in [1.54, 1.807) is 0 Å². The molecule has 0 aliphatic heterocycles. The second kappa shape index (κ2) is 56.8. The average Bonchev–Trinajstić information content (AvgIpc) is 1.97. The van der Waals surface area contributed by atoms with Gasteiger partial charge >= 0.3 is 0 Å². The molecule has 0 heterocycles. The van der Waals surface area contributed by atoms with Crippen LogP contribution in [0.25, 0.3) is 0 Å². The van der Waals surface area contributed by atoms with E-state index in [4.69, 9.17) is 19.7 Å². The molecule has 0 rings (SSSR count). The summed E-state index contributed by atoms with van der Waals surface area (Å²) in [6.07, 6.45) is 0. The number of ether oxygens (including phenoxy) is 2. The highest BCUT2D eigenvalue weighted by atomic mass is 16.5. The summed E-state index contributed by atoms with van der Waals surface area (Å²) in [4.78, 5) is 0. The van der Waals surface area contributed by atoms with E-state index in [9.17, 15) is 0 Å². The SMILES string of the molecule is C.C.C.C.C.C.C.OCCOCCOCCO. The minimum atomic E-state index is 0. The molecule has 0 saturated heterocycles. The average molecular weight is 262 g/mol. The molecule has 0 aromatic heterocycles. The van der Waals surface area contributed by atoms with Crippen molar-refractivity contribution in [1.29, 1.82) is 0 Å². The number of aliphatic hydroxyl groups excluding tert-OH is 2. The normalized spacial score (nSPS) is 6.00. The molecule has 0 aliphatic rings. The maximum atomic E-state index is 8.26. The monoisotopic (exact) mass is 262 g/mol. The van der Waals surface area contributed by atoms with Crippen LogP contribution in [0, 0.1) is 0 Å². The van der Waals surface area contributed by atoms with Gasteiger partial charge in [0.05, 0.1) is 39.6 Å². The molecular weight excluding hydrogens is 220 g/mol. The van der Waals surface area contributed by atoms with Gasteiger partial charge in [-0.05, 0) is 0 Å². The number of rotatable bonds is 7. The predicted octanol–water partition coefficient (Wildman–Crippen LogP) is 3.46. The first-order valence-electron chi connectivity index (χ1n) is 3.29. The van der Waals surface area contributed by atoms with E-state index in [1.165, 1.54) is 0 Å². The Morgan fingerprint density at radius 1 is 0.471 bits per heavy atom. The maximum absolute atomic E-state index is 8.26. The van der Waals surface area contributed by atoms with Gasteiger partial charge in [0.15, 0.2) is 0 Å². The molecular formula is C13H42O4. The first-order valence-corrected chi connectivity index (χ1v) is 3.29. The molecule has 0 spiro atoms. The van der Waals surface area contributed by atoms with E-state index in [0.717, 1.165) is 0 Å². The largest absolute Gasteiger partial charge is 0.394 e. The Labute approximate surface area is 112 Å². The van der Waals surface area contributed by atoms with Crippen molar-refractivity contribution < 1.29 is 19.7 Å². The fourth-order valence-corrected chi connectivity index (χ4v) is 0.451. The molecule has 0 aromatic carbocycles. The molecule has 4 heteroatoms. The lowest BCUT2D eigenvalue weighted by Crippen LogP contribution is -2.09. The molecule has 0 atom stereocenters. The van der Waals surface area contributed by atoms with Crippen LogP contribution in [0.4, 0.5) is 0 Å². The Bertz CT molecular complexity index is 53.4. The van der Waals surface area contributed by atoms with E-state index < -0.39 is 0 Å². The van der Waals surface area contributed by atoms with Crippen molar-refractivity contribution in [2.75, 3.05) is 39.6 Å². The van der Waals surface area contributed by atoms with Gasteiger partial charge in [0.25, 0.3) is 0 Å². The van der Waals surface area contributed by atoms with Crippen molar-refractivity contribution in [3.63, 3.8) is 0 Å². The van der Waals surface area contributed by atoms with Gasteiger partial charge in [0.2, 0.25) is 0 Å². The number of hydrogen-bond acceptors (Lipinski definition) is 4. The van der Waals surface area contributed by atoms with Gasteiger partial charge < -0.3 is 19.7 Å². The minimum Gasteiger partial charge on any atom is -0.394 e. The molecule has 17 heavy (non-hydrogen) atoms. The van der Waals surface area contributed by atoms with Gasteiger partial charge in [-0.15, -0.1) is 0 Å². The molecule has 2 N–H and O–H groups in total. The molecule has 0 aliphatic carbocycles. The van der Waals surface area contributed by atoms with Crippen LogP contribution in [0.5, 0.6) is 0 Å². The van der Waals surface area contributed by atoms with Crippen molar-refractivity contribution >= 4 is 0 Å². The van der Waals surface area contributed by atoms with Gasteiger partial charge in [0.1, 0.15) is 0 Å². The molecule has 0 bridgehead atoms. The maximum Gasteiger partial charge on any atom is 0.0701 e. The summed E-state index contributed by atoms with van der Waals surface area (Å²) < 4.78 is 9.75. The van der Waals surface area contributed by atoms with Crippen LogP contribution in [0.1, 0.15) is 52.0 Å². The lowest BCUT2D eigenvalue weighted by atomic mass is 10.7. The zero-order valence-corrected chi connectivity index (χ0v) is 5.95. The topological polar surface area (TPSA) is 58.9 Å². The number of aliphatic hydroxyl groups is 2. The second-order valence-electron chi connectivity index (χ2n) is 1.67. The van der Waals surface area contributed by atoms with Gasteiger partial charge in [-0.1, -0.05) is 52.0 Å². The predicted molar refractivity (Wildman–Crippen MR) is 82.9 cm³/mol. The summed E-state index contributed by atoms with van der Waals surface area (Å²) in [6.45, 7) is 1.73. The lowest BCUT2D eigenvalue weighted by molar-refractivity contribution is 0.0222. The van der Waals surface area contributed by atoms with E-state index >= 15 is 0 Å².